The Morgan fingerprint density at radius 3 is 0.708 bits per heavy atom. The van der Waals surface area contributed by atoms with Gasteiger partial charge in [-0.2, -0.15) is 20.7 Å². The lowest BCUT2D eigenvalue weighted by molar-refractivity contribution is 1.28. The topological polar surface area (TPSA) is 72.3 Å². The third-order valence-corrected chi connectivity index (χ3v) is 16.6. The number of hydrogen-bond acceptors (Lipinski definition) is 4. The van der Waals surface area contributed by atoms with Gasteiger partial charge in [0.25, 0.3) is 0 Å². The number of nitriles is 2. The van der Waals surface area contributed by atoms with Gasteiger partial charge in [0.1, 0.15) is 12.1 Å². The highest BCUT2D eigenvalue weighted by atomic mass is 31.2. The summed E-state index contributed by atoms with van der Waals surface area (Å²) in [5.41, 5.74) is 0. The van der Waals surface area contributed by atoms with Crippen molar-refractivity contribution in [1.82, 2.24) is 0 Å². The smallest absolute Gasteiger partial charge is 0.102 e. The molecule has 0 aliphatic heterocycles. The van der Waals surface area contributed by atoms with Gasteiger partial charge in [-0.05, 0) is 45.6 Å². The van der Waals surface area contributed by atoms with Crippen molar-refractivity contribution in [1.29, 1.82) is 10.5 Å². The fraction of sp³-hybridized carbons (Fsp3) is 0. The van der Waals surface area contributed by atoms with Gasteiger partial charge in [0.2, 0.25) is 0 Å². The van der Waals surface area contributed by atoms with E-state index in [1.54, 1.807) is 12.4 Å². The second-order valence-electron chi connectivity index (χ2n) is 10.8. The van der Waals surface area contributed by atoms with E-state index in [0.29, 0.717) is 10.6 Å². The molecule has 0 bridgehead atoms. The molecule has 0 aliphatic rings. The van der Waals surface area contributed by atoms with Gasteiger partial charge < -0.3 is 0 Å². The highest BCUT2D eigenvalue weighted by molar-refractivity contribution is 7.97. The summed E-state index contributed by atoms with van der Waals surface area (Å²) in [6.07, 6.45) is 3.17. The average Bonchev–Trinajstić information content (AvgIpc) is 3.18. The summed E-state index contributed by atoms with van der Waals surface area (Å²) in [4.78, 5) is 0. The highest BCUT2D eigenvalue weighted by Crippen LogP contribution is 2.47. The normalized spacial score (nSPS) is 11.5. The molecule has 0 aliphatic carbocycles. The van der Waals surface area contributed by atoms with Crippen molar-refractivity contribution in [3.05, 3.63) is 182 Å². The maximum absolute atomic E-state index is 10.8. The maximum atomic E-state index is 10.8. The van der Waals surface area contributed by atoms with Crippen LogP contribution in [0.5, 0.6) is 0 Å². The van der Waals surface area contributed by atoms with E-state index in [2.05, 4.69) is 95.1 Å². The molecule has 4 nitrogen and oxygen atoms in total. The lowest BCUT2D eigenvalue weighted by Gasteiger charge is -2.29. The fourth-order valence-corrected chi connectivity index (χ4v) is 14.1. The molecule has 0 unspecified atom stereocenters. The van der Waals surface area contributed by atoms with Gasteiger partial charge in [-0.25, -0.2) is 0 Å². The van der Waals surface area contributed by atoms with Crippen molar-refractivity contribution in [2.45, 2.75) is 0 Å². The molecule has 0 saturated heterocycles. The molecule has 0 N–H and O–H groups in total. The second-order valence-corrected chi connectivity index (χ2v) is 17.6. The molecule has 0 aromatic heterocycles. The summed E-state index contributed by atoms with van der Waals surface area (Å²) >= 11 is 0. The Labute approximate surface area is 282 Å². The van der Waals surface area contributed by atoms with Crippen molar-refractivity contribution in [2.24, 2.45) is 10.2 Å². The van der Waals surface area contributed by atoms with Crippen molar-refractivity contribution < 1.29 is 0 Å². The first-order chi connectivity index (χ1) is 23.8. The van der Waals surface area contributed by atoms with E-state index >= 15 is 0 Å². The Morgan fingerprint density at radius 2 is 0.542 bits per heavy atom. The van der Waals surface area contributed by atoms with Crippen LogP contribution in [-0.4, -0.2) is 23.0 Å². The second kappa shape index (κ2) is 15.2. The molecule has 0 heterocycles. The molecule has 0 radical (unpaired) electrons. The highest BCUT2D eigenvalue weighted by Gasteiger charge is 2.31. The first-order valence-electron chi connectivity index (χ1n) is 15.5. The summed E-state index contributed by atoms with van der Waals surface area (Å²) in [5, 5.41) is 38.0. The van der Waals surface area contributed by atoms with Crippen LogP contribution in [0.1, 0.15) is 0 Å². The van der Waals surface area contributed by atoms with E-state index in [1.165, 1.54) is 0 Å². The number of nitrogens with zero attached hydrogens (tertiary/aromatic N) is 4. The Kier molecular flexibility index (Phi) is 10.2. The van der Waals surface area contributed by atoms with E-state index in [0.717, 1.165) is 31.8 Å². The quantitative estimate of drug-likeness (QED) is 0.103. The van der Waals surface area contributed by atoms with Gasteiger partial charge in [-0.15, -0.1) is 0 Å². The van der Waals surface area contributed by atoms with E-state index in [-0.39, 0.29) is 0 Å². The van der Waals surface area contributed by atoms with Gasteiger partial charge in [-0.1, -0.05) is 182 Å². The number of benzene rings is 6. The van der Waals surface area contributed by atoms with E-state index in [1.807, 2.05) is 109 Å². The summed E-state index contributed by atoms with van der Waals surface area (Å²) in [7, 11) is 0. The lowest BCUT2D eigenvalue weighted by atomic mass is 10.4. The fourth-order valence-electron chi connectivity index (χ4n) is 6.20. The molecule has 48 heavy (non-hydrogen) atoms. The standard InChI is InChI=1S/C42H32N4P2/c43-31-41(47(35-19-7-1-8-20-35,36-21-9-2-10-22-36)37-23-11-3-12-24-37)33-45-46-34-42(32-44)48(38-25-13-4-14-26-38,39-27-15-5-16-28-39)40-29-17-6-18-30-40/h1-30,33-34H/b45-33-,46-34-. The van der Waals surface area contributed by atoms with Gasteiger partial charge in [-0.3, -0.25) is 0 Å². The molecule has 0 amide bonds. The Hall–Kier alpha value is -5.76. The molecule has 0 saturated carbocycles. The van der Waals surface area contributed by atoms with Crippen LogP contribution in [0.25, 0.3) is 0 Å². The predicted molar refractivity (Wildman–Crippen MR) is 209 cm³/mol. The van der Waals surface area contributed by atoms with Crippen molar-refractivity contribution in [3.8, 4) is 12.1 Å². The van der Waals surface area contributed by atoms with Crippen molar-refractivity contribution in [3.63, 3.8) is 0 Å². The third-order valence-electron chi connectivity index (χ3n) is 8.24. The zero-order valence-electron chi connectivity index (χ0n) is 26.2. The molecule has 6 aromatic carbocycles. The zero-order chi connectivity index (χ0) is 33.1. The molecule has 6 heteroatoms. The summed E-state index contributed by atoms with van der Waals surface area (Å²) in [5.74, 6) is 0. The van der Waals surface area contributed by atoms with E-state index in [4.69, 9.17) is 0 Å². The Balaban J connectivity index is 1.63. The van der Waals surface area contributed by atoms with Crippen LogP contribution < -0.4 is 31.8 Å². The first-order valence-corrected chi connectivity index (χ1v) is 19.1. The molecule has 6 rings (SSSR count). The van der Waals surface area contributed by atoms with Gasteiger partial charge in [0, 0.05) is 0 Å². The summed E-state index contributed by atoms with van der Waals surface area (Å²) in [6.45, 7) is -5.29. The van der Waals surface area contributed by atoms with Crippen LogP contribution in [0, 0.1) is 22.7 Å². The van der Waals surface area contributed by atoms with Gasteiger partial charge in [0.15, 0.2) is 0 Å². The predicted octanol–water partition coefficient (Wildman–Crippen LogP) is 6.42. The minimum absolute atomic E-state index is 0.511. The molecule has 0 spiro atoms. The van der Waals surface area contributed by atoms with E-state index < -0.39 is 13.8 Å². The number of hydrogen-bond donors (Lipinski definition) is 0. The van der Waals surface area contributed by atoms with Crippen LogP contribution >= 0.6 is 13.8 Å². The SMILES string of the molecule is N#CC(/C=N\N=C/C(C#N)=P(c1ccccc1)(c1ccccc1)c1ccccc1)=P(c1ccccc1)(c1ccccc1)c1ccccc1. The minimum Gasteiger partial charge on any atom is -0.192 e. The molecular weight excluding hydrogens is 622 g/mol. The molecule has 0 atom stereocenters. The monoisotopic (exact) mass is 654 g/mol. The zero-order valence-corrected chi connectivity index (χ0v) is 27.9. The molecule has 230 valence electrons. The Bertz CT molecular complexity index is 1860. The summed E-state index contributed by atoms with van der Waals surface area (Å²) in [6, 6.07) is 66.1. The minimum atomic E-state index is -2.64. The number of rotatable bonds is 9. The van der Waals surface area contributed by atoms with Crippen molar-refractivity contribution >= 4 is 68.6 Å². The van der Waals surface area contributed by atoms with Gasteiger partial charge >= 0.3 is 0 Å². The molecule has 6 aromatic rings. The molecule has 0 fully saturated rings. The third kappa shape index (κ3) is 6.05. The van der Waals surface area contributed by atoms with Crippen LogP contribution in [0.3, 0.4) is 0 Å². The average molecular weight is 655 g/mol. The lowest BCUT2D eigenvalue weighted by Crippen LogP contribution is -2.30. The first kappa shape index (κ1) is 32.2. The van der Waals surface area contributed by atoms with Crippen molar-refractivity contribution in [2.75, 3.05) is 0 Å². The maximum Gasteiger partial charge on any atom is 0.102 e. The van der Waals surface area contributed by atoms with Gasteiger partial charge in [0.05, 0.1) is 23.0 Å². The largest absolute Gasteiger partial charge is 0.192 e. The van der Waals surface area contributed by atoms with E-state index in [9.17, 15) is 10.5 Å². The van der Waals surface area contributed by atoms with Crippen LogP contribution in [0.4, 0.5) is 0 Å². The summed E-state index contributed by atoms with van der Waals surface area (Å²) < 4.78 is 0. The van der Waals surface area contributed by atoms with Crippen LogP contribution in [-0.2, 0) is 0 Å². The van der Waals surface area contributed by atoms with Crippen LogP contribution in [0.15, 0.2) is 192 Å². The Morgan fingerprint density at radius 1 is 0.354 bits per heavy atom. The van der Waals surface area contributed by atoms with Crippen LogP contribution in [0.2, 0.25) is 0 Å². The molecular formula is C42H32N4P2.